The van der Waals surface area contributed by atoms with E-state index in [9.17, 15) is 10.2 Å². The van der Waals surface area contributed by atoms with Crippen molar-refractivity contribution in [3.05, 3.63) is 47.5 Å². The second-order valence-electron chi connectivity index (χ2n) is 4.35. The van der Waals surface area contributed by atoms with Crippen molar-refractivity contribution in [3.63, 3.8) is 0 Å². The molecule has 3 N–H and O–H groups in total. The molecule has 0 aliphatic carbocycles. The van der Waals surface area contributed by atoms with Gasteiger partial charge < -0.3 is 20.3 Å². The highest BCUT2D eigenvalue weighted by Gasteiger charge is 2.04. The number of anilines is 1. The highest BCUT2D eigenvalue weighted by molar-refractivity contribution is 5.51. The fourth-order valence-corrected chi connectivity index (χ4v) is 1.78. The number of aromatic hydroxyl groups is 2. The summed E-state index contributed by atoms with van der Waals surface area (Å²) in [4.78, 5) is 0. The third-order valence-electron chi connectivity index (χ3n) is 2.97. The van der Waals surface area contributed by atoms with Crippen molar-refractivity contribution in [2.45, 2.75) is 13.5 Å². The minimum absolute atomic E-state index is 0.197. The molecule has 0 bridgehead atoms. The van der Waals surface area contributed by atoms with Gasteiger partial charge in [-0.05, 0) is 42.8 Å². The number of phenols is 2. The summed E-state index contributed by atoms with van der Waals surface area (Å²) in [6.45, 7) is 2.34. The first-order valence-electron chi connectivity index (χ1n) is 5.99. The lowest BCUT2D eigenvalue weighted by Gasteiger charge is -2.10. The monoisotopic (exact) mass is 259 g/mol. The molecule has 0 saturated heterocycles. The fraction of sp³-hybridized carbons (Fsp3) is 0.200. The van der Waals surface area contributed by atoms with Gasteiger partial charge in [-0.2, -0.15) is 0 Å². The smallest absolute Gasteiger partial charge is 0.124 e. The van der Waals surface area contributed by atoms with Crippen LogP contribution in [0.3, 0.4) is 0 Å². The molecule has 0 aliphatic heterocycles. The number of ether oxygens (including phenoxy) is 1. The number of rotatable bonds is 4. The summed E-state index contributed by atoms with van der Waals surface area (Å²) in [5, 5.41) is 22.5. The normalized spacial score (nSPS) is 10.2. The van der Waals surface area contributed by atoms with Crippen molar-refractivity contribution in [1.82, 2.24) is 0 Å². The molecule has 0 aliphatic rings. The molecule has 4 nitrogen and oxygen atoms in total. The van der Waals surface area contributed by atoms with E-state index in [0.29, 0.717) is 12.3 Å². The zero-order chi connectivity index (χ0) is 13.8. The van der Waals surface area contributed by atoms with E-state index in [1.165, 1.54) is 0 Å². The van der Waals surface area contributed by atoms with Gasteiger partial charge in [-0.3, -0.25) is 0 Å². The zero-order valence-electron chi connectivity index (χ0n) is 11.0. The molecule has 2 aromatic rings. The first kappa shape index (κ1) is 13.1. The minimum Gasteiger partial charge on any atom is -0.508 e. The number of methoxy groups -OCH3 is 1. The van der Waals surface area contributed by atoms with Crippen LogP contribution in [-0.4, -0.2) is 17.3 Å². The lowest BCUT2D eigenvalue weighted by molar-refractivity contribution is 0.406. The maximum Gasteiger partial charge on any atom is 0.124 e. The van der Waals surface area contributed by atoms with Gasteiger partial charge in [-0.25, -0.2) is 0 Å². The molecule has 0 spiro atoms. The van der Waals surface area contributed by atoms with Crippen molar-refractivity contribution in [3.8, 4) is 17.2 Å². The predicted molar refractivity (Wildman–Crippen MR) is 74.8 cm³/mol. The van der Waals surface area contributed by atoms with Gasteiger partial charge in [0.25, 0.3) is 0 Å². The number of aryl methyl sites for hydroxylation is 1. The molecule has 0 aromatic heterocycles. The van der Waals surface area contributed by atoms with E-state index in [4.69, 9.17) is 4.74 Å². The lowest BCUT2D eigenvalue weighted by atomic mass is 10.1. The van der Waals surface area contributed by atoms with E-state index < -0.39 is 0 Å². The maximum absolute atomic E-state index is 9.84. The summed E-state index contributed by atoms with van der Waals surface area (Å²) in [6.07, 6.45) is 0. The molecule has 0 radical (unpaired) electrons. The third-order valence-corrected chi connectivity index (χ3v) is 2.97. The van der Waals surface area contributed by atoms with Crippen LogP contribution >= 0.6 is 0 Å². The summed E-state index contributed by atoms with van der Waals surface area (Å²) in [5.74, 6) is 1.10. The third kappa shape index (κ3) is 3.10. The average molecular weight is 259 g/mol. The first-order valence-corrected chi connectivity index (χ1v) is 5.99. The molecule has 2 rings (SSSR count). The second kappa shape index (κ2) is 5.52. The molecule has 0 amide bonds. The van der Waals surface area contributed by atoms with Crippen molar-refractivity contribution in [2.75, 3.05) is 12.4 Å². The number of phenolic OH excluding ortho intramolecular Hbond substituents is 2. The highest BCUT2D eigenvalue weighted by atomic mass is 16.5. The van der Waals surface area contributed by atoms with Crippen LogP contribution in [0.1, 0.15) is 11.1 Å². The van der Waals surface area contributed by atoms with Crippen LogP contribution < -0.4 is 10.1 Å². The molecule has 0 heterocycles. The number of hydrogen-bond acceptors (Lipinski definition) is 4. The van der Waals surface area contributed by atoms with Crippen molar-refractivity contribution in [1.29, 1.82) is 0 Å². The summed E-state index contributed by atoms with van der Waals surface area (Å²) >= 11 is 0. The molecule has 4 heteroatoms. The SMILES string of the molecule is COc1ccc(CNc2ccc(O)c(C)c2)c(O)c1. The Morgan fingerprint density at radius 3 is 2.47 bits per heavy atom. The average Bonchev–Trinajstić information content (AvgIpc) is 2.41. The van der Waals surface area contributed by atoms with Gasteiger partial charge in [-0.1, -0.05) is 0 Å². The van der Waals surface area contributed by atoms with Crippen molar-refractivity contribution < 1.29 is 14.9 Å². The summed E-state index contributed by atoms with van der Waals surface area (Å²) < 4.78 is 5.03. The van der Waals surface area contributed by atoms with Gasteiger partial charge in [0.15, 0.2) is 0 Å². The van der Waals surface area contributed by atoms with Gasteiger partial charge in [0, 0.05) is 23.9 Å². The molecular weight excluding hydrogens is 242 g/mol. The number of nitrogens with one attached hydrogen (secondary N) is 1. The zero-order valence-corrected chi connectivity index (χ0v) is 11.0. The van der Waals surface area contributed by atoms with Crippen LogP contribution in [0, 0.1) is 6.92 Å². The second-order valence-corrected chi connectivity index (χ2v) is 4.35. The Hall–Kier alpha value is -2.36. The number of benzene rings is 2. The van der Waals surface area contributed by atoms with Crippen LogP contribution in [0.4, 0.5) is 5.69 Å². The van der Waals surface area contributed by atoms with Gasteiger partial charge in [0.1, 0.15) is 17.2 Å². The van der Waals surface area contributed by atoms with Gasteiger partial charge >= 0.3 is 0 Å². The molecule has 19 heavy (non-hydrogen) atoms. The van der Waals surface area contributed by atoms with E-state index in [-0.39, 0.29) is 11.5 Å². The molecule has 0 saturated carbocycles. The summed E-state index contributed by atoms with van der Waals surface area (Å²) in [5.41, 5.74) is 2.49. The topological polar surface area (TPSA) is 61.7 Å². The Balaban J connectivity index is 2.07. The van der Waals surface area contributed by atoms with Crippen molar-refractivity contribution >= 4 is 5.69 Å². The van der Waals surface area contributed by atoms with E-state index in [0.717, 1.165) is 16.8 Å². The summed E-state index contributed by atoms with van der Waals surface area (Å²) in [7, 11) is 1.56. The molecule has 0 unspecified atom stereocenters. The maximum atomic E-state index is 9.84. The van der Waals surface area contributed by atoms with E-state index in [2.05, 4.69) is 5.32 Å². The van der Waals surface area contributed by atoms with Crippen LogP contribution in [0.5, 0.6) is 17.2 Å². The molecular formula is C15H17NO3. The largest absolute Gasteiger partial charge is 0.508 e. The quantitative estimate of drug-likeness (QED) is 0.739. The minimum atomic E-state index is 0.197. The highest BCUT2D eigenvalue weighted by Crippen LogP contribution is 2.25. The predicted octanol–water partition coefficient (Wildman–Crippen LogP) is 3.03. The Morgan fingerprint density at radius 2 is 1.84 bits per heavy atom. The van der Waals surface area contributed by atoms with Gasteiger partial charge in [-0.15, -0.1) is 0 Å². The Kier molecular flexibility index (Phi) is 3.80. The van der Waals surface area contributed by atoms with E-state index >= 15 is 0 Å². The Labute approximate surface area is 112 Å². The van der Waals surface area contributed by atoms with Crippen LogP contribution in [0.15, 0.2) is 36.4 Å². The molecule has 0 atom stereocenters. The van der Waals surface area contributed by atoms with Crippen LogP contribution in [0.25, 0.3) is 0 Å². The Morgan fingerprint density at radius 1 is 1.05 bits per heavy atom. The number of hydrogen-bond donors (Lipinski definition) is 3. The molecule has 100 valence electrons. The first-order chi connectivity index (χ1) is 9.10. The standard InChI is InChI=1S/C15H17NO3/c1-10-7-12(4-6-14(10)17)16-9-11-3-5-13(19-2)8-15(11)18/h3-8,16-18H,9H2,1-2H3. The fourth-order valence-electron chi connectivity index (χ4n) is 1.78. The lowest BCUT2D eigenvalue weighted by Crippen LogP contribution is -2.00. The van der Waals surface area contributed by atoms with Gasteiger partial charge in [0.2, 0.25) is 0 Å². The summed E-state index contributed by atoms with van der Waals surface area (Å²) in [6, 6.07) is 10.5. The Bertz CT molecular complexity index is 582. The van der Waals surface area contributed by atoms with Crippen molar-refractivity contribution in [2.24, 2.45) is 0 Å². The van der Waals surface area contributed by atoms with Gasteiger partial charge in [0.05, 0.1) is 7.11 Å². The van der Waals surface area contributed by atoms with E-state index in [1.807, 2.05) is 19.1 Å². The van der Waals surface area contributed by atoms with E-state index in [1.54, 1.807) is 31.4 Å². The molecule has 2 aromatic carbocycles. The van der Waals surface area contributed by atoms with Crippen LogP contribution in [0.2, 0.25) is 0 Å². The van der Waals surface area contributed by atoms with Crippen LogP contribution in [-0.2, 0) is 6.54 Å². The molecule has 0 fully saturated rings.